The van der Waals surface area contributed by atoms with Crippen LogP contribution in [0.5, 0.6) is 0 Å². The van der Waals surface area contributed by atoms with Crippen molar-refractivity contribution in [2.45, 2.75) is 13.0 Å². The summed E-state index contributed by atoms with van der Waals surface area (Å²) in [6.07, 6.45) is 0. The van der Waals surface area contributed by atoms with Crippen LogP contribution in [0.2, 0.25) is 0 Å². The summed E-state index contributed by atoms with van der Waals surface area (Å²) in [7, 11) is 1.35. The summed E-state index contributed by atoms with van der Waals surface area (Å²) in [6.45, 7) is 2.04. The fourth-order valence-electron chi connectivity index (χ4n) is 1.36. The largest absolute Gasteiger partial charge is 0.381 e. The number of hydrogen-bond donors (Lipinski definition) is 2. The van der Waals surface area contributed by atoms with Crippen molar-refractivity contribution in [1.82, 2.24) is 9.97 Å². The minimum absolute atomic E-state index is 0.00472. The lowest BCUT2D eigenvalue weighted by atomic mass is 10.6. The summed E-state index contributed by atoms with van der Waals surface area (Å²) in [5.41, 5.74) is -1.21. The third-order valence-electron chi connectivity index (χ3n) is 2.00. The summed E-state index contributed by atoms with van der Waals surface area (Å²) >= 11 is 0. The topological polar surface area (TPSA) is 109 Å². The van der Waals surface area contributed by atoms with E-state index in [0.717, 1.165) is 0 Å². The zero-order valence-corrected chi connectivity index (χ0v) is 8.73. The van der Waals surface area contributed by atoms with Crippen LogP contribution in [0.15, 0.2) is 19.6 Å². The van der Waals surface area contributed by atoms with Crippen molar-refractivity contribution in [3.8, 4) is 0 Å². The van der Waals surface area contributed by atoms with E-state index in [1.165, 1.54) is 7.11 Å². The van der Waals surface area contributed by atoms with E-state index < -0.39 is 17.3 Å². The number of nitrogens with zero attached hydrogens (tertiary/aromatic N) is 2. The highest BCUT2D eigenvalue weighted by Crippen LogP contribution is 2.15. The maximum Gasteiger partial charge on any atom is 0.381 e. The van der Waals surface area contributed by atoms with Crippen molar-refractivity contribution in [2.24, 2.45) is 9.98 Å². The third kappa shape index (κ3) is 1.57. The third-order valence-corrected chi connectivity index (χ3v) is 2.00. The molecule has 0 aromatic carbocycles. The second-order valence-corrected chi connectivity index (χ2v) is 3.01. The van der Waals surface area contributed by atoms with Gasteiger partial charge in [0.25, 0.3) is 5.56 Å². The highest BCUT2D eigenvalue weighted by atomic mass is 16.7. The fourth-order valence-corrected chi connectivity index (χ4v) is 1.36. The van der Waals surface area contributed by atoms with E-state index in [2.05, 4.69) is 15.0 Å². The minimum Gasteiger partial charge on any atom is -0.316 e. The number of ether oxygens (including phenoxy) is 2. The summed E-state index contributed by atoms with van der Waals surface area (Å²) in [5, 5.41) is -0.00472. The standard InChI is InChI=1S/C8H10N4O4/c1-3-16-8(15-2)11-4-5(12-8)9-7(14)10-6(4)13/h3H2,1-2H3,(H2,9,10,12,13,14). The number of aromatic amines is 2. The average molecular weight is 226 g/mol. The lowest BCUT2D eigenvalue weighted by Crippen LogP contribution is -2.46. The molecule has 0 fully saturated rings. The molecular weight excluding hydrogens is 216 g/mol. The smallest absolute Gasteiger partial charge is 0.316 e. The summed E-state index contributed by atoms with van der Waals surface area (Å²) in [6, 6.07) is -1.56. The first-order valence-electron chi connectivity index (χ1n) is 4.61. The summed E-state index contributed by atoms with van der Waals surface area (Å²) < 4.78 is 10.2. The van der Waals surface area contributed by atoms with E-state index in [0.29, 0.717) is 6.61 Å². The van der Waals surface area contributed by atoms with E-state index in [1.54, 1.807) is 6.92 Å². The first-order chi connectivity index (χ1) is 7.60. The minimum atomic E-state index is -1.56. The normalized spacial score (nSPS) is 22.4. The van der Waals surface area contributed by atoms with Crippen LogP contribution in [0.25, 0.3) is 0 Å². The van der Waals surface area contributed by atoms with Crippen molar-refractivity contribution in [3.05, 3.63) is 31.7 Å². The van der Waals surface area contributed by atoms with Crippen molar-refractivity contribution in [3.63, 3.8) is 0 Å². The molecule has 0 aliphatic carbocycles. The first kappa shape index (κ1) is 10.7. The molecule has 0 spiro atoms. The molecule has 1 aromatic rings. The number of rotatable bonds is 3. The van der Waals surface area contributed by atoms with Gasteiger partial charge in [-0.1, -0.05) is 0 Å². The van der Waals surface area contributed by atoms with Gasteiger partial charge >= 0.3 is 11.7 Å². The zero-order valence-electron chi connectivity index (χ0n) is 8.73. The van der Waals surface area contributed by atoms with Gasteiger partial charge in [-0.25, -0.2) is 4.79 Å². The van der Waals surface area contributed by atoms with Gasteiger partial charge < -0.3 is 9.47 Å². The highest BCUT2D eigenvalue weighted by molar-refractivity contribution is 4.89. The van der Waals surface area contributed by atoms with E-state index in [4.69, 9.17) is 9.47 Å². The lowest BCUT2D eigenvalue weighted by Gasteiger charge is -2.18. The molecule has 0 bridgehead atoms. The predicted molar refractivity (Wildman–Crippen MR) is 51.4 cm³/mol. The van der Waals surface area contributed by atoms with Gasteiger partial charge in [-0.2, -0.15) is 9.98 Å². The van der Waals surface area contributed by atoms with Crippen LogP contribution in [0, 0.1) is 0 Å². The molecular formula is C8H10N4O4. The SMILES string of the molecule is CCOC1(OC)N=c2[nH]c(=O)[nH]c(=O)c2=N1. The number of aromatic nitrogens is 2. The molecule has 2 heterocycles. The van der Waals surface area contributed by atoms with Gasteiger partial charge in [0.05, 0.1) is 6.61 Å². The Bertz CT molecular complexity index is 631. The van der Waals surface area contributed by atoms with Crippen molar-refractivity contribution < 1.29 is 9.47 Å². The Balaban J connectivity index is 2.72. The Morgan fingerprint density at radius 2 is 2.06 bits per heavy atom. The number of hydrogen-bond acceptors (Lipinski definition) is 6. The van der Waals surface area contributed by atoms with Gasteiger partial charge in [0.1, 0.15) is 0 Å². The molecule has 1 unspecified atom stereocenters. The maximum atomic E-state index is 11.4. The van der Waals surface area contributed by atoms with Crippen LogP contribution in [-0.2, 0) is 9.47 Å². The van der Waals surface area contributed by atoms with E-state index in [9.17, 15) is 9.59 Å². The molecule has 16 heavy (non-hydrogen) atoms. The van der Waals surface area contributed by atoms with Gasteiger partial charge in [0.2, 0.25) is 0 Å². The molecule has 1 aliphatic rings. The molecule has 1 aliphatic heterocycles. The highest BCUT2D eigenvalue weighted by Gasteiger charge is 2.33. The van der Waals surface area contributed by atoms with E-state index >= 15 is 0 Å². The van der Waals surface area contributed by atoms with Gasteiger partial charge in [-0.15, -0.1) is 0 Å². The zero-order chi connectivity index (χ0) is 11.8. The number of methoxy groups -OCH3 is 1. The Morgan fingerprint density at radius 3 is 2.69 bits per heavy atom. The van der Waals surface area contributed by atoms with E-state index in [-0.39, 0.29) is 10.8 Å². The van der Waals surface area contributed by atoms with Crippen LogP contribution < -0.4 is 22.1 Å². The van der Waals surface area contributed by atoms with Gasteiger partial charge in [0.15, 0.2) is 10.8 Å². The van der Waals surface area contributed by atoms with Crippen LogP contribution >= 0.6 is 0 Å². The number of H-pyrrole nitrogens is 2. The number of nitrogens with one attached hydrogen (secondary N) is 2. The average Bonchev–Trinajstić information content (AvgIpc) is 2.58. The van der Waals surface area contributed by atoms with Gasteiger partial charge in [-0.3, -0.25) is 14.8 Å². The Labute approximate surface area is 88.7 Å². The quantitative estimate of drug-likeness (QED) is 0.560. The molecule has 0 saturated carbocycles. The van der Waals surface area contributed by atoms with Crippen molar-refractivity contribution in [1.29, 1.82) is 0 Å². The van der Waals surface area contributed by atoms with Gasteiger partial charge in [0, 0.05) is 7.11 Å². The first-order valence-corrected chi connectivity index (χ1v) is 4.61. The molecule has 8 nitrogen and oxygen atoms in total. The van der Waals surface area contributed by atoms with Crippen LogP contribution in [-0.4, -0.2) is 29.7 Å². The summed E-state index contributed by atoms with van der Waals surface area (Å²) in [5.74, 6) is 0. The van der Waals surface area contributed by atoms with Crippen molar-refractivity contribution >= 4 is 0 Å². The Hall–Kier alpha value is -1.80. The molecule has 0 saturated heterocycles. The molecule has 1 atom stereocenters. The second kappa shape index (κ2) is 3.65. The van der Waals surface area contributed by atoms with Crippen LogP contribution in [0.1, 0.15) is 6.92 Å². The molecule has 86 valence electrons. The molecule has 1 aromatic heterocycles. The molecule has 2 N–H and O–H groups in total. The second-order valence-electron chi connectivity index (χ2n) is 3.01. The van der Waals surface area contributed by atoms with Gasteiger partial charge in [-0.05, 0) is 6.92 Å². The summed E-state index contributed by atoms with van der Waals surface area (Å²) in [4.78, 5) is 34.6. The molecule has 2 rings (SSSR count). The van der Waals surface area contributed by atoms with E-state index in [1.807, 2.05) is 4.98 Å². The lowest BCUT2D eigenvalue weighted by molar-refractivity contribution is -0.209. The molecule has 8 heteroatoms. The number of fused-ring (bicyclic) bond motifs is 1. The monoisotopic (exact) mass is 226 g/mol. The van der Waals surface area contributed by atoms with Crippen LogP contribution in [0.3, 0.4) is 0 Å². The Morgan fingerprint density at radius 1 is 1.31 bits per heavy atom. The maximum absolute atomic E-state index is 11.4. The Kier molecular flexibility index (Phi) is 2.44. The molecule has 0 radical (unpaired) electrons. The molecule has 0 amide bonds. The van der Waals surface area contributed by atoms with Crippen LogP contribution in [0.4, 0.5) is 0 Å². The fraction of sp³-hybridized carbons (Fsp3) is 0.500. The predicted octanol–water partition coefficient (Wildman–Crippen LogP) is -2.39. The van der Waals surface area contributed by atoms with Crippen molar-refractivity contribution in [2.75, 3.05) is 13.7 Å².